The zero-order valence-electron chi connectivity index (χ0n) is 12.2. The lowest BCUT2D eigenvalue weighted by molar-refractivity contribution is 0.357. The monoisotopic (exact) mass is 315 g/mol. The Bertz CT molecular complexity index is 830. The second kappa shape index (κ2) is 5.02. The summed E-state index contributed by atoms with van der Waals surface area (Å²) in [5, 5.41) is 0. The van der Waals surface area contributed by atoms with Gasteiger partial charge in [-0.25, -0.2) is 8.42 Å². The largest absolute Gasteiger partial charge is 0.493 e. The predicted octanol–water partition coefficient (Wildman–Crippen LogP) is 2.51. The Balaban J connectivity index is 1.56. The van der Waals surface area contributed by atoms with Crippen molar-refractivity contribution < 1.29 is 13.2 Å². The molecule has 0 aliphatic carbocycles. The van der Waals surface area contributed by atoms with Crippen molar-refractivity contribution >= 4 is 15.7 Å². The van der Waals surface area contributed by atoms with E-state index in [4.69, 9.17) is 4.74 Å². The maximum Gasteiger partial charge on any atom is 0.239 e. The molecule has 5 heteroatoms. The first kappa shape index (κ1) is 13.6. The van der Waals surface area contributed by atoms with E-state index in [2.05, 4.69) is 6.07 Å². The molecule has 0 bridgehead atoms. The predicted molar refractivity (Wildman–Crippen MR) is 85.8 cm³/mol. The van der Waals surface area contributed by atoms with Crippen LogP contribution in [0.5, 0.6) is 5.75 Å². The van der Waals surface area contributed by atoms with Crippen LogP contribution < -0.4 is 9.04 Å². The Hall–Kier alpha value is -2.01. The molecule has 2 aromatic carbocycles. The average Bonchev–Trinajstić information content (AvgIpc) is 3.05. The van der Waals surface area contributed by atoms with E-state index >= 15 is 0 Å². The normalized spacial score (nSPS) is 17.9. The molecule has 0 aromatic heterocycles. The molecule has 2 aliphatic heterocycles. The van der Waals surface area contributed by atoms with E-state index < -0.39 is 10.0 Å². The Labute approximate surface area is 130 Å². The van der Waals surface area contributed by atoms with Crippen LogP contribution in [0.3, 0.4) is 0 Å². The van der Waals surface area contributed by atoms with Crippen LogP contribution in [0.1, 0.15) is 16.7 Å². The Morgan fingerprint density at radius 3 is 2.86 bits per heavy atom. The molecule has 0 spiro atoms. The fraction of sp³-hybridized carbons (Fsp3) is 0.294. The van der Waals surface area contributed by atoms with Gasteiger partial charge in [-0.1, -0.05) is 30.3 Å². The Morgan fingerprint density at radius 1 is 1.09 bits per heavy atom. The maximum atomic E-state index is 12.3. The number of hydrogen-bond acceptors (Lipinski definition) is 3. The third-order valence-corrected chi connectivity index (χ3v) is 6.02. The molecule has 2 heterocycles. The van der Waals surface area contributed by atoms with Crippen LogP contribution in [0, 0.1) is 0 Å². The topological polar surface area (TPSA) is 46.6 Å². The van der Waals surface area contributed by atoms with Gasteiger partial charge in [0.05, 0.1) is 18.0 Å². The zero-order valence-corrected chi connectivity index (χ0v) is 13.0. The third-order valence-electron chi connectivity index (χ3n) is 4.29. The number of para-hydroxylation sites is 1. The number of benzene rings is 2. The van der Waals surface area contributed by atoms with Gasteiger partial charge in [0.2, 0.25) is 10.0 Å². The van der Waals surface area contributed by atoms with Gasteiger partial charge in [0.25, 0.3) is 0 Å². The highest BCUT2D eigenvalue weighted by Crippen LogP contribution is 2.33. The van der Waals surface area contributed by atoms with Gasteiger partial charge in [-0.15, -0.1) is 0 Å². The molecule has 22 heavy (non-hydrogen) atoms. The molecule has 0 N–H and O–H groups in total. The molecule has 4 nitrogen and oxygen atoms in total. The number of anilines is 1. The summed E-state index contributed by atoms with van der Waals surface area (Å²) in [6.45, 7) is 1.23. The summed E-state index contributed by atoms with van der Waals surface area (Å²) in [5.74, 6) is 1.07. The third kappa shape index (κ3) is 2.25. The van der Waals surface area contributed by atoms with Gasteiger partial charge in [-0.3, -0.25) is 4.31 Å². The Morgan fingerprint density at radius 2 is 1.95 bits per heavy atom. The second-order valence-electron chi connectivity index (χ2n) is 5.75. The van der Waals surface area contributed by atoms with Crippen molar-refractivity contribution in [1.29, 1.82) is 0 Å². The average molecular weight is 315 g/mol. The minimum atomic E-state index is -3.22. The van der Waals surface area contributed by atoms with Crippen LogP contribution in [0.15, 0.2) is 42.5 Å². The summed E-state index contributed by atoms with van der Waals surface area (Å²) in [5.41, 5.74) is 4.10. The summed E-state index contributed by atoms with van der Waals surface area (Å²) >= 11 is 0. The highest BCUT2D eigenvalue weighted by atomic mass is 32.2. The molecule has 4 rings (SSSR count). The summed E-state index contributed by atoms with van der Waals surface area (Å²) in [6, 6.07) is 13.7. The molecule has 0 amide bonds. The molecule has 2 aliphatic rings. The first-order chi connectivity index (χ1) is 10.6. The molecule has 0 saturated heterocycles. The Kier molecular flexibility index (Phi) is 3.11. The van der Waals surface area contributed by atoms with Gasteiger partial charge in [0.15, 0.2) is 0 Å². The van der Waals surface area contributed by atoms with Crippen LogP contribution in [-0.4, -0.2) is 21.6 Å². The molecule has 0 radical (unpaired) electrons. The van der Waals surface area contributed by atoms with Crippen LogP contribution >= 0.6 is 0 Å². The molecule has 0 saturated carbocycles. The number of hydrogen-bond donors (Lipinski definition) is 0. The molecule has 0 unspecified atom stereocenters. The molecular weight excluding hydrogens is 298 g/mol. The van der Waals surface area contributed by atoms with Crippen molar-refractivity contribution in [1.82, 2.24) is 0 Å². The zero-order chi connectivity index (χ0) is 15.2. The van der Waals surface area contributed by atoms with E-state index in [0.717, 1.165) is 35.6 Å². The van der Waals surface area contributed by atoms with Crippen molar-refractivity contribution in [2.45, 2.75) is 18.6 Å². The summed E-state index contributed by atoms with van der Waals surface area (Å²) < 4.78 is 31.7. The fourth-order valence-electron chi connectivity index (χ4n) is 3.19. The standard InChI is InChI=1S/C17H17NO3S/c19-22(20)12-15-3-1-2-4-16(15)18(22)9-7-13-5-6-17-14(11-13)8-10-21-17/h1-6,11H,7-10,12H2. The van der Waals surface area contributed by atoms with E-state index in [-0.39, 0.29) is 5.75 Å². The number of sulfonamides is 1. The van der Waals surface area contributed by atoms with E-state index in [9.17, 15) is 8.42 Å². The highest BCUT2D eigenvalue weighted by Gasteiger charge is 2.32. The highest BCUT2D eigenvalue weighted by molar-refractivity contribution is 7.92. The van der Waals surface area contributed by atoms with Gasteiger partial charge in [-0.05, 0) is 35.2 Å². The van der Waals surface area contributed by atoms with Gasteiger partial charge >= 0.3 is 0 Å². The van der Waals surface area contributed by atoms with Gasteiger partial charge in [0.1, 0.15) is 5.75 Å². The molecule has 0 fully saturated rings. The van der Waals surface area contributed by atoms with Crippen molar-refractivity contribution in [3.63, 3.8) is 0 Å². The van der Waals surface area contributed by atoms with Crippen molar-refractivity contribution in [2.24, 2.45) is 0 Å². The quantitative estimate of drug-likeness (QED) is 0.874. The van der Waals surface area contributed by atoms with Crippen LogP contribution in [0.25, 0.3) is 0 Å². The first-order valence-electron chi connectivity index (χ1n) is 7.46. The van der Waals surface area contributed by atoms with E-state index in [1.165, 1.54) is 5.56 Å². The number of nitrogens with zero attached hydrogens (tertiary/aromatic N) is 1. The first-order valence-corrected chi connectivity index (χ1v) is 9.07. The summed E-state index contributed by atoms with van der Waals surface area (Å²) in [4.78, 5) is 0. The van der Waals surface area contributed by atoms with Gasteiger partial charge < -0.3 is 4.74 Å². The fourth-order valence-corrected chi connectivity index (χ4v) is 4.83. The van der Waals surface area contributed by atoms with Gasteiger partial charge in [0, 0.05) is 13.0 Å². The SMILES string of the molecule is O=S1(=O)Cc2ccccc2N1CCc1ccc2c(c1)CCO2. The summed E-state index contributed by atoms with van der Waals surface area (Å²) in [7, 11) is -3.22. The van der Waals surface area contributed by atoms with Crippen LogP contribution in [0.4, 0.5) is 5.69 Å². The molecular formula is C17H17NO3S. The molecule has 114 valence electrons. The maximum absolute atomic E-state index is 12.3. The lowest BCUT2D eigenvalue weighted by Crippen LogP contribution is -2.28. The van der Waals surface area contributed by atoms with E-state index in [1.807, 2.05) is 36.4 Å². The number of fused-ring (bicyclic) bond motifs is 2. The minimum absolute atomic E-state index is 0.112. The minimum Gasteiger partial charge on any atom is -0.493 e. The van der Waals surface area contributed by atoms with Crippen molar-refractivity contribution in [2.75, 3.05) is 17.5 Å². The van der Waals surface area contributed by atoms with E-state index in [0.29, 0.717) is 13.0 Å². The van der Waals surface area contributed by atoms with Crippen molar-refractivity contribution in [3.8, 4) is 5.75 Å². The number of ether oxygens (including phenoxy) is 1. The second-order valence-corrected chi connectivity index (χ2v) is 7.64. The van der Waals surface area contributed by atoms with Crippen LogP contribution in [0.2, 0.25) is 0 Å². The number of rotatable bonds is 3. The molecule has 2 aromatic rings. The smallest absolute Gasteiger partial charge is 0.239 e. The van der Waals surface area contributed by atoms with Crippen LogP contribution in [-0.2, 0) is 28.6 Å². The van der Waals surface area contributed by atoms with Gasteiger partial charge in [-0.2, -0.15) is 0 Å². The summed E-state index contributed by atoms with van der Waals surface area (Å²) in [6.07, 6.45) is 1.65. The molecule has 0 atom stereocenters. The lowest BCUT2D eigenvalue weighted by Gasteiger charge is -2.18. The van der Waals surface area contributed by atoms with E-state index in [1.54, 1.807) is 4.31 Å². The van der Waals surface area contributed by atoms with Crippen molar-refractivity contribution in [3.05, 3.63) is 59.2 Å². The lowest BCUT2D eigenvalue weighted by atomic mass is 10.1.